The molecule has 2 heteroatoms. The topological polar surface area (TPSA) is 21.3 Å². The van der Waals surface area contributed by atoms with Crippen molar-refractivity contribution in [2.75, 3.05) is 20.2 Å². The van der Waals surface area contributed by atoms with E-state index in [-0.39, 0.29) is 0 Å². The van der Waals surface area contributed by atoms with Crippen molar-refractivity contribution >= 4 is 0 Å². The van der Waals surface area contributed by atoms with Gasteiger partial charge in [-0.15, -0.1) is 0 Å². The predicted octanol–water partition coefficient (Wildman–Crippen LogP) is 4.02. The Balaban J connectivity index is 1.66. The van der Waals surface area contributed by atoms with E-state index < -0.39 is 0 Å². The highest BCUT2D eigenvalue weighted by atomic mass is 16.5. The monoisotopic (exact) mass is 283 g/mol. The van der Waals surface area contributed by atoms with Crippen LogP contribution in [0.15, 0.2) is 54.6 Å². The maximum Gasteiger partial charge on any atom is 0.119 e. The molecule has 2 nitrogen and oxygen atoms in total. The number of rotatable bonds is 8. The number of ether oxygens (including phenoxy) is 1. The van der Waals surface area contributed by atoms with Crippen molar-refractivity contribution in [3.8, 4) is 5.75 Å². The SMILES string of the molecule is COc1cccc(CCNCCC(C)c2ccccc2)c1. The summed E-state index contributed by atoms with van der Waals surface area (Å²) in [7, 11) is 1.71. The Labute approximate surface area is 128 Å². The fourth-order valence-electron chi connectivity index (χ4n) is 2.45. The molecule has 0 radical (unpaired) electrons. The molecule has 0 heterocycles. The largest absolute Gasteiger partial charge is 0.497 e. The van der Waals surface area contributed by atoms with Crippen LogP contribution in [-0.4, -0.2) is 20.2 Å². The number of nitrogens with one attached hydrogen (secondary N) is 1. The second-order valence-electron chi connectivity index (χ2n) is 5.45. The first kappa shape index (κ1) is 15.6. The maximum absolute atomic E-state index is 5.24. The van der Waals surface area contributed by atoms with Crippen molar-refractivity contribution in [1.29, 1.82) is 0 Å². The number of benzene rings is 2. The van der Waals surface area contributed by atoms with Crippen LogP contribution in [0.25, 0.3) is 0 Å². The van der Waals surface area contributed by atoms with E-state index in [1.54, 1.807) is 7.11 Å². The van der Waals surface area contributed by atoms with Gasteiger partial charge in [0.1, 0.15) is 5.75 Å². The average molecular weight is 283 g/mol. The van der Waals surface area contributed by atoms with Crippen LogP contribution < -0.4 is 10.1 Å². The van der Waals surface area contributed by atoms with Crippen molar-refractivity contribution in [2.45, 2.75) is 25.7 Å². The average Bonchev–Trinajstić information content (AvgIpc) is 2.55. The fraction of sp³-hybridized carbons (Fsp3) is 0.368. The Bertz CT molecular complexity index is 524. The number of methoxy groups -OCH3 is 1. The molecule has 0 saturated heterocycles. The molecule has 21 heavy (non-hydrogen) atoms. The van der Waals surface area contributed by atoms with Crippen LogP contribution in [0, 0.1) is 0 Å². The Morgan fingerprint density at radius 1 is 1.00 bits per heavy atom. The predicted molar refractivity (Wildman–Crippen MR) is 89.0 cm³/mol. The smallest absolute Gasteiger partial charge is 0.119 e. The summed E-state index contributed by atoms with van der Waals surface area (Å²) in [5.41, 5.74) is 2.74. The highest BCUT2D eigenvalue weighted by Crippen LogP contribution is 2.17. The Morgan fingerprint density at radius 2 is 1.81 bits per heavy atom. The van der Waals surface area contributed by atoms with Gasteiger partial charge in [-0.3, -0.25) is 0 Å². The minimum atomic E-state index is 0.607. The van der Waals surface area contributed by atoms with E-state index in [1.807, 2.05) is 12.1 Å². The van der Waals surface area contributed by atoms with Gasteiger partial charge < -0.3 is 10.1 Å². The molecule has 0 amide bonds. The van der Waals surface area contributed by atoms with Gasteiger partial charge in [0.05, 0.1) is 7.11 Å². The second kappa shape index (κ2) is 8.48. The van der Waals surface area contributed by atoms with E-state index in [9.17, 15) is 0 Å². The molecule has 1 atom stereocenters. The molecule has 1 unspecified atom stereocenters. The van der Waals surface area contributed by atoms with Gasteiger partial charge in [0.25, 0.3) is 0 Å². The minimum absolute atomic E-state index is 0.607. The molecular weight excluding hydrogens is 258 g/mol. The molecule has 2 rings (SSSR count). The molecule has 0 bridgehead atoms. The summed E-state index contributed by atoms with van der Waals surface area (Å²) in [5, 5.41) is 3.53. The van der Waals surface area contributed by atoms with Gasteiger partial charge in [0.15, 0.2) is 0 Å². The molecule has 112 valence electrons. The first-order chi connectivity index (χ1) is 10.3. The second-order valence-corrected chi connectivity index (χ2v) is 5.45. The van der Waals surface area contributed by atoms with Crippen LogP contribution >= 0.6 is 0 Å². The van der Waals surface area contributed by atoms with Crippen LogP contribution in [0.3, 0.4) is 0 Å². The van der Waals surface area contributed by atoms with E-state index in [2.05, 4.69) is 54.7 Å². The van der Waals surface area contributed by atoms with Crippen LogP contribution in [0.1, 0.15) is 30.4 Å². The summed E-state index contributed by atoms with van der Waals surface area (Å²) in [6.07, 6.45) is 2.21. The Morgan fingerprint density at radius 3 is 2.57 bits per heavy atom. The Hall–Kier alpha value is -1.80. The van der Waals surface area contributed by atoms with Gasteiger partial charge in [-0.1, -0.05) is 49.4 Å². The highest BCUT2D eigenvalue weighted by Gasteiger charge is 2.03. The molecular formula is C19H25NO. The summed E-state index contributed by atoms with van der Waals surface area (Å²) in [6.45, 7) is 4.35. The zero-order valence-electron chi connectivity index (χ0n) is 13.0. The third-order valence-corrected chi connectivity index (χ3v) is 3.85. The normalized spacial score (nSPS) is 12.1. The van der Waals surface area contributed by atoms with Crippen LogP contribution in [0.5, 0.6) is 5.75 Å². The van der Waals surface area contributed by atoms with Gasteiger partial charge >= 0.3 is 0 Å². The molecule has 1 N–H and O–H groups in total. The minimum Gasteiger partial charge on any atom is -0.497 e. The van der Waals surface area contributed by atoms with Gasteiger partial charge in [0, 0.05) is 0 Å². The quantitative estimate of drug-likeness (QED) is 0.739. The molecule has 0 fully saturated rings. The van der Waals surface area contributed by atoms with E-state index in [0.29, 0.717) is 5.92 Å². The summed E-state index contributed by atoms with van der Waals surface area (Å²) < 4.78 is 5.24. The lowest BCUT2D eigenvalue weighted by atomic mass is 9.98. The molecule has 0 aliphatic heterocycles. The van der Waals surface area contributed by atoms with Gasteiger partial charge in [-0.2, -0.15) is 0 Å². The Kier molecular flexibility index (Phi) is 6.29. The van der Waals surface area contributed by atoms with E-state index >= 15 is 0 Å². The van der Waals surface area contributed by atoms with E-state index in [1.165, 1.54) is 17.5 Å². The standard InChI is InChI=1S/C19H25NO/c1-16(18-8-4-3-5-9-18)11-13-20-14-12-17-7-6-10-19(15-17)21-2/h3-10,15-16,20H,11-14H2,1-2H3. The zero-order chi connectivity index (χ0) is 14.9. The molecule has 2 aromatic rings. The van der Waals surface area contributed by atoms with E-state index in [0.717, 1.165) is 25.3 Å². The van der Waals surface area contributed by atoms with Crippen molar-refractivity contribution in [3.05, 3.63) is 65.7 Å². The van der Waals surface area contributed by atoms with Crippen molar-refractivity contribution in [2.24, 2.45) is 0 Å². The molecule has 0 saturated carbocycles. The zero-order valence-corrected chi connectivity index (χ0v) is 13.0. The third kappa shape index (κ3) is 5.24. The van der Waals surface area contributed by atoms with Gasteiger partial charge in [0.2, 0.25) is 0 Å². The van der Waals surface area contributed by atoms with Crippen molar-refractivity contribution in [1.82, 2.24) is 5.32 Å². The first-order valence-corrected chi connectivity index (χ1v) is 7.68. The maximum atomic E-state index is 5.24. The van der Waals surface area contributed by atoms with Gasteiger partial charge in [-0.05, 0) is 55.1 Å². The summed E-state index contributed by atoms with van der Waals surface area (Å²) >= 11 is 0. The molecule has 0 aliphatic carbocycles. The van der Waals surface area contributed by atoms with E-state index in [4.69, 9.17) is 4.74 Å². The number of hydrogen-bond acceptors (Lipinski definition) is 2. The van der Waals surface area contributed by atoms with Crippen LogP contribution in [-0.2, 0) is 6.42 Å². The first-order valence-electron chi connectivity index (χ1n) is 7.68. The lowest BCUT2D eigenvalue weighted by Gasteiger charge is -2.12. The van der Waals surface area contributed by atoms with Crippen molar-refractivity contribution < 1.29 is 4.74 Å². The molecule has 0 spiro atoms. The number of hydrogen-bond donors (Lipinski definition) is 1. The fourth-order valence-corrected chi connectivity index (χ4v) is 2.45. The van der Waals surface area contributed by atoms with Crippen LogP contribution in [0.4, 0.5) is 0 Å². The molecule has 0 aromatic heterocycles. The molecule has 2 aromatic carbocycles. The summed E-state index contributed by atoms with van der Waals surface area (Å²) in [4.78, 5) is 0. The lowest BCUT2D eigenvalue weighted by molar-refractivity contribution is 0.414. The highest BCUT2D eigenvalue weighted by molar-refractivity contribution is 5.28. The van der Waals surface area contributed by atoms with Crippen LogP contribution in [0.2, 0.25) is 0 Å². The van der Waals surface area contributed by atoms with Gasteiger partial charge in [-0.25, -0.2) is 0 Å². The summed E-state index contributed by atoms with van der Waals surface area (Å²) in [5.74, 6) is 1.54. The van der Waals surface area contributed by atoms with Crippen molar-refractivity contribution in [3.63, 3.8) is 0 Å². The molecule has 0 aliphatic rings. The third-order valence-electron chi connectivity index (χ3n) is 3.85. The lowest BCUT2D eigenvalue weighted by Crippen LogP contribution is -2.19. The summed E-state index contributed by atoms with van der Waals surface area (Å²) in [6, 6.07) is 19.0.